The molecule has 0 aromatic carbocycles. The normalized spacial score (nSPS) is 34.6. The molecule has 2 saturated heterocycles. The lowest BCUT2D eigenvalue weighted by atomic mass is 9.98. The van der Waals surface area contributed by atoms with E-state index < -0.39 is 23.5 Å². The van der Waals surface area contributed by atoms with Crippen LogP contribution in [-0.2, 0) is 9.53 Å². The van der Waals surface area contributed by atoms with E-state index in [-0.39, 0.29) is 19.2 Å². The van der Waals surface area contributed by atoms with Crippen LogP contribution in [0.1, 0.15) is 26.2 Å². The summed E-state index contributed by atoms with van der Waals surface area (Å²) in [6.07, 6.45) is 1.94. The number of hydrogen-bond acceptors (Lipinski definition) is 4. The van der Waals surface area contributed by atoms with Gasteiger partial charge in [-0.1, -0.05) is 0 Å². The molecule has 3 N–H and O–H groups in total. The Labute approximate surface area is 117 Å². The van der Waals surface area contributed by atoms with Crippen LogP contribution in [0.4, 0.5) is 4.79 Å². The van der Waals surface area contributed by atoms with E-state index in [2.05, 4.69) is 5.32 Å². The Balaban J connectivity index is 1.90. The van der Waals surface area contributed by atoms with Crippen LogP contribution in [0.15, 0.2) is 0 Å². The van der Waals surface area contributed by atoms with Gasteiger partial charge in [-0.3, -0.25) is 4.79 Å². The smallest absolute Gasteiger partial charge is 0.317 e. The van der Waals surface area contributed by atoms with Crippen LogP contribution in [0.5, 0.6) is 0 Å². The molecule has 0 spiro atoms. The third-order valence-corrected chi connectivity index (χ3v) is 4.06. The maximum Gasteiger partial charge on any atom is 0.317 e. The number of aliphatic carboxylic acids is 1. The highest BCUT2D eigenvalue weighted by molar-refractivity contribution is 5.77. The number of aliphatic hydroxyl groups is 1. The Morgan fingerprint density at radius 1 is 1.30 bits per heavy atom. The summed E-state index contributed by atoms with van der Waals surface area (Å²) in [4.78, 5) is 24.8. The zero-order valence-electron chi connectivity index (χ0n) is 11.7. The minimum atomic E-state index is -0.952. The van der Waals surface area contributed by atoms with Gasteiger partial charge in [-0.25, -0.2) is 4.79 Å². The Kier molecular flexibility index (Phi) is 4.49. The van der Waals surface area contributed by atoms with Crippen molar-refractivity contribution in [1.29, 1.82) is 0 Å². The highest BCUT2D eigenvalue weighted by atomic mass is 16.5. The second kappa shape index (κ2) is 5.97. The average Bonchev–Trinajstić information content (AvgIpc) is 2.73. The summed E-state index contributed by atoms with van der Waals surface area (Å²) in [5, 5.41) is 21.8. The van der Waals surface area contributed by atoms with Crippen LogP contribution in [-0.4, -0.2) is 65.1 Å². The minimum absolute atomic E-state index is 0.134. The molecule has 2 rings (SSSR count). The summed E-state index contributed by atoms with van der Waals surface area (Å²) in [6, 6.07) is -0.756. The quantitative estimate of drug-likeness (QED) is 0.665. The van der Waals surface area contributed by atoms with Crippen LogP contribution < -0.4 is 5.32 Å². The second-order valence-electron chi connectivity index (χ2n) is 5.88. The van der Waals surface area contributed by atoms with Crippen LogP contribution in [0.3, 0.4) is 0 Å². The molecule has 2 heterocycles. The number of carboxylic acids is 1. The number of carboxylic acid groups (broad SMARTS) is 1. The van der Waals surface area contributed by atoms with Crippen LogP contribution >= 0.6 is 0 Å². The predicted molar refractivity (Wildman–Crippen MR) is 70.3 cm³/mol. The summed E-state index contributed by atoms with van der Waals surface area (Å²) in [5.74, 6) is -1.64. The average molecular weight is 286 g/mol. The van der Waals surface area contributed by atoms with Crippen LogP contribution in [0.2, 0.25) is 0 Å². The summed E-state index contributed by atoms with van der Waals surface area (Å²) in [6.45, 7) is 3.19. The number of rotatable bonds is 2. The van der Waals surface area contributed by atoms with Crippen molar-refractivity contribution in [3.63, 3.8) is 0 Å². The lowest BCUT2D eigenvalue weighted by Crippen LogP contribution is -2.49. The molecule has 114 valence electrons. The van der Waals surface area contributed by atoms with Crippen LogP contribution in [0.25, 0.3) is 0 Å². The molecule has 0 aliphatic carbocycles. The number of hydrogen-bond donors (Lipinski definition) is 3. The number of nitrogens with zero attached hydrogens (tertiary/aromatic N) is 1. The SMILES string of the molecule is CC1(O)CCCN(C(=O)NC2COCC2C(=O)O)CC1. The van der Waals surface area contributed by atoms with Gasteiger partial charge in [-0.05, 0) is 26.2 Å². The fraction of sp³-hybridized carbons (Fsp3) is 0.846. The van der Waals surface area contributed by atoms with Gasteiger partial charge in [-0.2, -0.15) is 0 Å². The highest BCUT2D eigenvalue weighted by Gasteiger charge is 2.36. The minimum Gasteiger partial charge on any atom is -0.481 e. The van der Waals surface area contributed by atoms with Crippen molar-refractivity contribution in [2.75, 3.05) is 26.3 Å². The molecular formula is C13H22N2O5. The van der Waals surface area contributed by atoms with Gasteiger partial charge in [0.25, 0.3) is 0 Å². The first kappa shape index (κ1) is 15.1. The van der Waals surface area contributed by atoms with Crippen molar-refractivity contribution in [3.05, 3.63) is 0 Å². The van der Waals surface area contributed by atoms with Gasteiger partial charge in [0.15, 0.2) is 0 Å². The summed E-state index contributed by atoms with van der Waals surface area (Å²) < 4.78 is 5.12. The van der Waals surface area contributed by atoms with Crippen LogP contribution in [0, 0.1) is 5.92 Å². The number of nitrogens with one attached hydrogen (secondary N) is 1. The molecule has 0 saturated carbocycles. The van der Waals surface area contributed by atoms with E-state index in [9.17, 15) is 14.7 Å². The summed E-state index contributed by atoms with van der Waals surface area (Å²) in [7, 11) is 0. The van der Waals surface area contributed by atoms with Gasteiger partial charge >= 0.3 is 12.0 Å². The van der Waals surface area contributed by atoms with Gasteiger partial charge in [0, 0.05) is 13.1 Å². The van der Waals surface area contributed by atoms with E-state index in [0.717, 1.165) is 6.42 Å². The number of ether oxygens (including phenoxy) is 1. The van der Waals surface area contributed by atoms with E-state index in [1.54, 1.807) is 11.8 Å². The second-order valence-corrected chi connectivity index (χ2v) is 5.88. The molecule has 3 atom stereocenters. The van der Waals surface area contributed by atoms with Crippen molar-refractivity contribution in [2.24, 2.45) is 5.92 Å². The Hall–Kier alpha value is -1.34. The topological polar surface area (TPSA) is 99.1 Å². The van der Waals surface area contributed by atoms with E-state index in [4.69, 9.17) is 9.84 Å². The molecule has 2 fully saturated rings. The van der Waals surface area contributed by atoms with E-state index >= 15 is 0 Å². The molecule has 2 amide bonds. The third-order valence-electron chi connectivity index (χ3n) is 4.06. The molecule has 7 nitrogen and oxygen atoms in total. The zero-order chi connectivity index (χ0) is 14.8. The Morgan fingerprint density at radius 3 is 2.75 bits per heavy atom. The molecule has 3 unspecified atom stereocenters. The number of carbonyl (C=O) groups excluding carboxylic acids is 1. The van der Waals surface area contributed by atoms with Gasteiger partial charge < -0.3 is 25.2 Å². The Bertz CT molecular complexity index is 385. The third kappa shape index (κ3) is 3.61. The number of amides is 2. The molecule has 2 aliphatic heterocycles. The molecule has 20 heavy (non-hydrogen) atoms. The van der Waals surface area contributed by atoms with Crippen molar-refractivity contribution in [2.45, 2.75) is 37.8 Å². The molecule has 0 aromatic rings. The predicted octanol–water partition coefficient (Wildman–Crippen LogP) is 0.0325. The van der Waals surface area contributed by atoms with Gasteiger partial charge in [-0.15, -0.1) is 0 Å². The molecule has 0 radical (unpaired) electrons. The van der Waals surface area contributed by atoms with Crippen molar-refractivity contribution < 1.29 is 24.5 Å². The molecule has 0 aromatic heterocycles. The fourth-order valence-corrected chi connectivity index (χ4v) is 2.66. The molecule has 0 bridgehead atoms. The summed E-state index contributed by atoms with van der Waals surface area (Å²) in [5.41, 5.74) is -0.727. The Morgan fingerprint density at radius 2 is 2.05 bits per heavy atom. The summed E-state index contributed by atoms with van der Waals surface area (Å²) >= 11 is 0. The van der Waals surface area contributed by atoms with E-state index in [1.165, 1.54) is 0 Å². The lowest BCUT2D eigenvalue weighted by Gasteiger charge is -2.25. The molecule has 7 heteroatoms. The lowest BCUT2D eigenvalue weighted by molar-refractivity contribution is -0.142. The molecule has 2 aliphatic rings. The first-order valence-corrected chi connectivity index (χ1v) is 6.97. The maximum absolute atomic E-state index is 12.2. The fourth-order valence-electron chi connectivity index (χ4n) is 2.66. The monoisotopic (exact) mass is 286 g/mol. The zero-order valence-corrected chi connectivity index (χ0v) is 11.7. The maximum atomic E-state index is 12.2. The highest BCUT2D eigenvalue weighted by Crippen LogP contribution is 2.22. The number of urea groups is 1. The standard InChI is InChI=1S/C13H22N2O5/c1-13(19)3-2-5-15(6-4-13)12(18)14-10-8-20-7-9(10)11(16)17/h9-10,19H,2-8H2,1H3,(H,14,18)(H,16,17). The first-order valence-electron chi connectivity index (χ1n) is 6.97. The number of carbonyl (C=O) groups is 2. The van der Waals surface area contributed by atoms with Crippen molar-refractivity contribution in [3.8, 4) is 0 Å². The van der Waals surface area contributed by atoms with Gasteiger partial charge in [0.2, 0.25) is 0 Å². The largest absolute Gasteiger partial charge is 0.481 e. The van der Waals surface area contributed by atoms with Gasteiger partial charge in [0.05, 0.1) is 24.9 Å². The molecular weight excluding hydrogens is 264 g/mol. The van der Waals surface area contributed by atoms with Crippen molar-refractivity contribution in [1.82, 2.24) is 10.2 Å². The van der Waals surface area contributed by atoms with E-state index in [1.807, 2.05) is 0 Å². The van der Waals surface area contributed by atoms with Gasteiger partial charge in [0.1, 0.15) is 5.92 Å². The number of likely N-dealkylation sites (tertiary alicyclic amines) is 1. The first-order chi connectivity index (χ1) is 9.39. The van der Waals surface area contributed by atoms with E-state index in [0.29, 0.717) is 25.9 Å². The van der Waals surface area contributed by atoms with Crippen molar-refractivity contribution >= 4 is 12.0 Å².